The summed E-state index contributed by atoms with van der Waals surface area (Å²) in [6.07, 6.45) is 3.85. The zero-order chi connectivity index (χ0) is 22.3. The number of ether oxygens (including phenoxy) is 1. The number of carbonyl (C=O) groups excluding carboxylic acids is 1. The van der Waals surface area contributed by atoms with Crippen molar-refractivity contribution < 1.29 is 18.5 Å². The molecule has 1 heterocycles. The molecule has 2 saturated carbocycles. The molecule has 2 aromatic rings. The van der Waals surface area contributed by atoms with Crippen molar-refractivity contribution in [3.8, 4) is 0 Å². The second kappa shape index (κ2) is 8.40. The molecule has 0 radical (unpaired) electrons. The summed E-state index contributed by atoms with van der Waals surface area (Å²) in [5, 5.41) is -2.07. The van der Waals surface area contributed by atoms with Crippen LogP contribution in [0.15, 0.2) is 60.7 Å². The van der Waals surface area contributed by atoms with Gasteiger partial charge in [-0.05, 0) is 24.0 Å². The van der Waals surface area contributed by atoms with Crippen molar-refractivity contribution in [2.45, 2.75) is 62.7 Å². The zero-order valence-corrected chi connectivity index (χ0v) is 19.3. The van der Waals surface area contributed by atoms with Crippen LogP contribution in [-0.2, 0) is 27.2 Å². The third-order valence-corrected chi connectivity index (χ3v) is 11.1. The molecule has 2 aliphatic carbocycles. The summed E-state index contributed by atoms with van der Waals surface area (Å²) >= 11 is 0. The fourth-order valence-corrected chi connectivity index (χ4v) is 9.82. The third-order valence-electron chi connectivity index (χ3n) is 7.36. The van der Waals surface area contributed by atoms with E-state index in [9.17, 15) is 4.79 Å². The molecule has 170 valence electrons. The minimum absolute atomic E-state index is 0.0185. The number of hydrogen-bond donors (Lipinski definition) is 0. The Morgan fingerprint density at radius 3 is 1.88 bits per heavy atom. The Bertz CT molecular complexity index is 959. The van der Waals surface area contributed by atoms with Gasteiger partial charge in [0.25, 0.3) is 7.44 Å². The number of nitrogens with zero attached hydrogens (tertiary/aromatic N) is 2. The summed E-state index contributed by atoms with van der Waals surface area (Å²) < 4.78 is 40.4. The quantitative estimate of drug-likeness (QED) is 0.432. The highest BCUT2D eigenvalue weighted by Crippen LogP contribution is 2.81. The SMILES string of the molecule is COC(=O)[C@H]1C[C@@]1(F)P1(=O)N(Cc2ccccc2)[C@@H]2CCCC[C@H]2N1Cc1ccccc1. The molecular weight excluding hydrogens is 426 g/mol. The Labute approximate surface area is 189 Å². The highest BCUT2D eigenvalue weighted by atomic mass is 31.2. The minimum Gasteiger partial charge on any atom is -0.469 e. The van der Waals surface area contributed by atoms with Gasteiger partial charge in [0.1, 0.15) is 5.92 Å². The van der Waals surface area contributed by atoms with Gasteiger partial charge in [-0.25, -0.2) is 13.7 Å². The molecule has 1 aliphatic heterocycles. The molecule has 2 aromatic carbocycles. The number of carbonyl (C=O) groups is 1. The van der Waals surface area contributed by atoms with Crippen molar-refractivity contribution >= 4 is 13.4 Å². The van der Waals surface area contributed by atoms with Gasteiger partial charge in [-0.15, -0.1) is 0 Å². The summed E-state index contributed by atoms with van der Waals surface area (Å²) in [6, 6.07) is 19.7. The van der Waals surface area contributed by atoms with E-state index in [1.54, 1.807) is 0 Å². The minimum atomic E-state index is -3.72. The van der Waals surface area contributed by atoms with E-state index in [4.69, 9.17) is 4.74 Å². The predicted octanol–water partition coefficient (Wildman–Crippen LogP) is 5.37. The number of fused-ring (bicyclic) bond motifs is 1. The zero-order valence-electron chi connectivity index (χ0n) is 18.4. The fraction of sp³-hybridized carbons (Fsp3) is 0.480. The molecule has 0 amide bonds. The molecule has 4 atom stereocenters. The summed E-state index contributed by atoms with van der Waals surface area (Å²) in [7, 11) is -2.45. The van der Waals surface area contributed by atoms with E-state index in [-0.39, 0.29) is 18.5 Å². The van der Waals surface area contributed by atoms with Crippen LogP contribution >= 0.6 is 7.44 Å². The van der Waals surface area contributed by atoms with Gasteiger partial charge >= 0.3 is 5.97 Å². The van der Waals surface area contributed by atoms with E-state index in [0.29, 0.717) is 13.1 Å². The van der Waals surface area contributed by atoms with Crippen LogP contribution in [0.4, 0.5) is 4.39 Å². The van der Waals surface area contributed by atoms with E-state index in [0.717, 1.165) is 36.8 Å². The summed E-state index contributed by atoms with van der Waals surface area (Å²) in [5.74, 6) is -1.56. The molecule has 0 bridgehead atoms. The van der Waals surface area contributed by atoms with Gasteiger partial charge in [-0.1, -0.05) is 73.5 Å². The predicted molar refractivity (Wildman–Crippen MR) is 122 cm³/mol. The number of esters is 1. The van der Waals surface area contributed by atoms with E-state index >= 15 is 8.96 Å². The van der Waals surface area contributed by atoms with Crippen molar-refractivity contribution in [2.75, 3.05) is 7.11 Å². The van der Waals surface area contributed by atoms with Crippen molar-refractivity contribution in [2.24, 2.45) is 5.92 Å². The van der Waals surface area contributed by atoms with Gasteiger partial charge in [0, 0.05) is 31.6 Å². The lowest BCUT2D eigenvalue weighted by atomic mass is 9.90. The Hall–Kier alpha value is -2.01. The van der Waals surface area contributed by atoms with Crippen LogP contribution in [0.3, 0.4) is 0 Å². The maximum Gasteiger partial charge on any atom is 0.312 e. The number of methoxy groups -OCH3 is 1. The van der Waals surface area contributed by atoms with Crippen LogP contribution in [0.5, 0.6) is 0 Å². The molecule has 7 heteroatoms. The third kappa shape index (κ3) is 3.44. The van der Waals surface area contributed by atoms with Crippen LogP contribution < -0.4 is 0 Å². The molecule has 3 aliphatic rings. The van der Waals surface area contributed by atoms with E-state index in [1.807, 2.05) is 70.0 Å². The largest absolute Gasteiger partial charge is 0.469 e. The molecule has 0 spiro atoms. The Morgan fingerprint density at radius 2 is 1.44 bits per heavy atom. The first-order valence-electron chi connectivity index (χ1n) is 11.5. The smallest absolute Gasteiger partial charge is 0.312 e. The first kappa shape index (κ1) is 21.8. The van der Waals surface area contributed by atoms with E-state index in [1.165, 1.54) is 7.11 Å². The van der Waals surface area contributed by atoms with Crippen LogP contribution in [0.25, 0.3) is 0 Å². The Kier molecular flexibility index (Phi) is 5.73. The lowest BCUT2D eigenvalue weighted by Gasteiger charge is -2.35. The fourth-order valence-electron chi connectivity index (χ4n) is 5.69. The summed E-state index contributed by atoms with van der Waals surface area (Å²) in [5.41, 5.74) is 2.02. The summed E-state index contributed by atoms with van der Waals surface area (Å²) in [6.45, 7) is 0.842. The highest BCUT2D eigenvalue weighted by Gasteiger charge is 2.77. The molecule has 5 rings (SSSR count). The molecular formula is C25H30FN2O3P. The van der Waals surface area contributed by atoms with Crippen LogP contribution in [0.2, 0.25) is 0 Å². The molecule has 1 saturated heterocycles. The average molecular weight is 456 g/mol. The van der Waals surface area contributed by atoms with Gasteiger partial charge in [-0.2, -0.15) is 0 Å². The molecule has 3 fully saturated rings. The number of alkyl halides is 1. The molecule has 0 unspecified atom stereocenters. The second-order valence-electron chi connectivity index (χ2n) is 9.23. The first-order valence-corrected chi connectivity index (χ1v) is 13.1. The Balaban J connectivity index is 1.59. The standard InChI is InChI=1S/C25H30FN2O3P/c1-31-24(29)21-16-25(21,26)32(30)27(17-19-10-4-2-5-11-19)22-14-8-9-15-23(22)28(32)18-20-12-6-3-7-13-20/h2-7,10-13,21-23H,8-9,14-18H2,1H3/t21-,22-,23-,25-/m1/s1. The first-order chi connectivity index (χ1) is 15.5. The van der Waals surface area contributed by atoms with E-state index in [2.05, 4.69) is 0 Å². The average Bonchev–Trinajstić information content (AvgIpc) is 3.48. The Morgan fingerprint density at radius 1 is 0.969 bits per heavy atom. The van der Waals surface area contributed by atoms with Crippen molar-refractivity contribution in [1.29, 1.82) is 0 Å². The van der Waals surface area contributed by atoms with Gasteiger partial charge in [-0.3, -0.25) is 9.36 Å². The summed E-state index contributed by atoms with van der Waals surface area (Å²) in [4.78, 5) is 12.3. The lowest BCUT2D eigenvalue weighted by molar-refractivity contribution is -0.142. The number of halogens is 1. The van der Waals surface area contributed by atoms with Gasteiger partial charge in [0.15, 0.2) is 0 Å². The normalized spacial score (nSPS) is 31.8. The number of hydrogen-bond acceptors (Lipinski definition) is 3. The maximum absolute atomic E-state index is 16.6. The lowest BCUT2D eigenvalue weighted by Crippen LogP contribution is -2.39. The number of rotatable bonds is 6. The highest BCUT2D eigenvalue weighted by molar-refractivity contribution is 7.61. The number of benzene rings is 2. The van der Waals surface area contributed by atoms with E-state index < -0.39 is 24.7 Å². The van der Waals surface area contributed by atoms with Gasteiger partial charge < -0.3 is 4.74 Å². The van der Waals surface area contributed by atoms with Crippen molar-refractivity contribution in [3.63, 3.8) is 0 Å². The van der Waals surface area contributed by atoms with Crippen LogP contribution in [0.1, 0.15) is 43.2 Å². The van der Waals surface area contributed by atoms with Crippen LogP contribution in [0, 0.1) is 5.92 Å². The monoisotopic (exact) mass is 456 g/mol. The molecule has 5 nitrogen and oxygen atoms in total. The van der Waals surface area contributed by atoms with Gasteiger partial charge in [0.05, 0.1) is 7.11 Å². The van der Waals surface area contributed by atoms with Gasteiger partial charge in [0.2, 0.25) is 5.41 Å². The molecule has 0 N–H and O–H groups in total. The molecule has 0 aromatic heterocycles. The van der Waals surface area contributed by atoms with Crippen LogP contribution in [-0.4, -0.2) is 39.9 Å². The van der Waals surface area contributed by atoms with Crippen molar-refractivity contribution in [1.82, 2.24) is 9.34 Å². The topological polar surface area (TPSA) is 49.9 Å². The molecule has 32 heavy (non-hydrogen) atoms. The second-order valence-corrected chi connectivity index (χ2v) is 12.1. The van der Waals surface area contributed by atoms with Crippen molar-refractivity contribution in [3.05, 3.63) is 71.8 Å². The maximum atomic E-state index is 16.6.